The van der Waals surface area contributed by atoms with Crippen molar-refractivity contribution in [1.82, 2.24) is 4.98 Å². The number of nitrogens with zero attached hydrogens (tertiary/aromatic N) is 2. The number of carbonyl (C=O) groups excluding carboxylic acids is 1. The van der Waals surface area contributed by atoms with Crippen molar-refractivity contribution in [2.45, 2.75) is 19.8 Å². The zero-order chi connectivity index (χ0) is 20.4. The summed E-state index contributed by atoms with van der Waals surface area (Å²) in [7, 11) is 1.54. The summed E-state index contributed by atoms with van der Waals surface area (Å²) in [5, 5.41) is 6.06. The van der Waals surface area contributed by atoms with Crippen LogP contribution in [-0.2, 0) is 0 Å². The number of methoxy groups -OCH3 is 1. The molecule has 0 atom stereocenters. The quantitative estimate of drug-likeness (QED) is 0.658. The number of aromatic nitrogens is 1. The molecular weight excluding hydrogens is 371 g/mol. The van der Waals surface area contributed by atoms with Crippen LogP contribution in [0.1, 0.15) is 18.4 Å². The standard InChI is InChI=1S/C22H23FN4O2/c1-14-5-7-19(29-2)18(11-14)25-22(28)24-16-12-15-6-8-20(27-9-3-4-10-27)26-21(15)17(23)13-16/h5-8,11-13H,3-4,9-10H2,1-2H3,(H2,24,25,28). The van der Waals surface area contributed by atoms with Gasteiger partial charge in [-0.1, -0.05) is 6.07 Å². The van der Waals surface area contributed by atoms with Gasteiger partial charge < -0.3 is 20.3 Å². The molecule has 0 spiro atoms. The van der Waals surface area contributed by atoms with Crippen molar-refractivity contribution in [2.75, 3.05) is 35.7 Å². The smallest absolute Gasteiger partial charge is 0.323 e. The van der Waals surface area contributed by atoms with Crippen molar-refractivity contribution in [3.8, 4) is 5.75 Å². The van der Waals surface area contributed by atoms with Crippen LogP contribution in [-0.4, -0.2) is 31.2 Å². The maximum Gasteiger partial charge on any atom is 0.323 e. The minimum Gasteiger partial charge on any atom is -0.495 e. The molecule has 1 aliphatic rings. The van der Waals surface area contributed by atoms with Crippen LogP contribution in [0.2, 0.25) is 0 Å². The fourth-order valence-electron chi connectivity index (χ4n) is 3.58. The Morgan fingerprint density at radius 3 is 2.66 bits per heavy atom. The maximum atomic E-state index is 14.7. The van der Waals surface area contributed by atoms with E-state index in [9.17, 15) is 9.18 Å². The molecule has 3 aromatic rings. The molecule has 1 saturated heterocycles. The van der Waals surface area contributed by atoms with Crippen molar-refractivity contribution < 1.29 is 13.9 Å². The Bertz CT molecular complexity index is 1060. The number of hydrogen-bond donors (Lipinski definition) is 2. The Balaban J connectivity index is 1.54. The van der Waals surface area contributed by atoms with Crippen LogP contribution in [0.5, 0.6) is 5.75 Å². The normalized spacial score (nSPS) is 13.6. The van der Waals surface area contributed by atoms with Gasteiger partial charge in [0.15, 0.2) is 5.82 Å². The first-order valence-electron chi connectivity index (χ1n) is 9.61. The van der Waals surface area contributed by atoms with Gasteiger partial charge in [0.05, 0.1) is 12.8 Å². The number of rotatable bonds is 4. The van der Waals surface area contributed by atoms with Crippen molar-refractivity contribution in [3.05, 3.63) is 53.8 Å². The molecular formula is C22H23FN4O2. The van der Waals surface area contributed by atoms with Gasteiger partial charge in [-0.25, -0.2) is 14.2 Å². The van der Waals surface area contributed by atoms with Gasteiger partial charge in [0, 0.05) is 24.2 Å². The van der Waals surface area contributed by atoms with Gasteiger partial charge in [0.25, 0.3) is 0 Å². The van der Waals surface area contributed by atoms with E-state index in [-0.39, 0.29) is 0 Å². The number of hydrogen-bond acceptors (Lipinski definition) is 4. The summed E-state index contributed by atoms with van der Waals surface area (Å²) in [4.78, 5) is 19.1. The molecule has 0 saturated carbocycles. The average Bonchev–Trinajstić information content (AvgIpc) is 3.23. The van der Waals surface area contributed by atoms with Crippen LogP contribution >= 0.6 is 0 Å². The number of pyridine rings is 1. The number of urea groups is 1. The SMILES string of the molecule is COc1ccc(C)cc1NC(=O)Nc1cc(F)c2nc(N3CCCC3)ccc2c1. The topological polar surface area (TPSA) is 66.5 Å². The molecule has 0 aliphatic carbocycles. The molecule has 29 heavy (non-hydrogen) atoms. The van der Waals surface area contributed by atoms with Gasteiger partial charge in [-0.3, -0.25) is 0 Å². The second kappa shape index (κ2) is 7.95. The van der Waals surface area contributed by atoms with Crippen molar-refractivity contribution in [1.29, 1.82) is 0 Å². The largest absolute Gasteiger partial charge is 0.495 e. The molecule has 4 rings (SSSR count). The molecule has 2 amide bonds. The maximum absolute atomic E-state index is 14.7. The van der Waals surface area contributed by atoms with Crippen LogP contribution in [0.4, 0.5) is 26.4 Å². The number of aryl methyl sites for hydroxylation is 1. The van der Waals surface area contributed by atoms with Crippen LogP contribution in [0.15, 0.2) is 42.5 Å². The van der Waals surface area contributed by atoms with E-state index in [0.717, 1.165) is 37.3 Å². The first kappa shape index (κ1) is 19.0. The number of fused-ring (bicyclic) bond motifs is 1. The molecule has 0 radical (unpaired) electrons. The summed E-state index contributed by atoms with van der Waals surface area (Å²) in [5.74, 6) is 0.875. The van der Waals surface area contributed by atoms with E-state index in [1.807, 2.05) is 31.2 Å². The molecule has 1 fully saturated rings. The highest BCUT2D eigenvalue weighted by Gasteiger charge is 2.16. The minimum absolute atomic E-state index is 0.306. The van der Waals surface area contributed by atoms with E-state index in [1.165, 1.54) is 13.2 Å². The highest BCUT2D eigenvalue weighted by atomic mass is 19.1. The lowest BCUT2D eigenvalue weighted by Crippen LogP contribution is -2.20. The summed E-state index contributed by atoms with van der Waals surface area (Å²) >= 11 is 0. The van der Waals surface area contributed by atoms with Crippen LogP contribution in [0, 0.1) is 12.7 Å². The average molecular weight is 394 g/mol. The predicted molar refractivity (Wildman–Crippen MR) is 114 cm³/mol. The molecule has 2 N–H and O–H groups in total. The molecule has 0 bridgehead atoms. The van der Waals surface area contributed by atoms with E-state index in [1.54, 1.807) is 12.1 Å². The Hall–Kier alpha value is -3.35. The third-order valence-electron chi connectivity index (χ3n) is 5.02. The summed E-state index contributed by atoms with van der Waals surface area (Å²) < 4.78 is 20.0. The first-order valence-corrected chi connectivity index (χ1v) is 9.61. The van der Waals surface area contributed by atoms with Crippen molar-refractivity contribution in [2.24, 2.45) is 0 Å². The number of amides is 2. The number of nitrogens with one attached hydrogen (secondary N) is 2. The monoisotopic (exact) mass is 394 g/mol. The highest BCUT2D eigenvalue weighted by Crippen LogP contribution is 2.27. The Morgan fingerprint density at radius 2 is 1.90 bits per heavy atom. The third-order valence-corrected chi connectivity index (χ3v) is 5.02. The zero-order valence-corrected chi connectivity index (χ0v) is 16.5. The number of anilines is 3. The van der Waals surface area contributed by atoms with Crippen LogP contribution in [0.3, 0.4) is 0 Å². The molecule has 0 unspecified atom stereocenters. The highest BCUT2D eigenvalue weighted by molar-refractivity contribution is 6.02. The predicted octanol–water partition coefficient (Wildman–Crippen LogP) is 4.94. The summed E-state index contributed by atoms with van der Waals surface area (Å²) in [6.07, 6.45) is 2.26. The Labute approximate surface area is 168 Å². The molecule has 7 heteroatoms. The number of ether oxygens (including phenoxy) is 1. The lowest BCUT2D eigenvalue weighted by molar-refractivity contribution is 0.262. The zero-order valence-electron chi connectivity index (χ0n) is 16.5. The third kappa shape index (κ3) is 4.08. The van der Waals surface area contributed by atoms with E-state index < -0.39 is 11.8 Å². The van der Waals surface area contributed by atoms with E-state index >= 15 is 0 Å². The Morgan fingerprint density at radius 1 is 1.10 bits per heavy atom. The Kier molecular flexibility index (Phi) is 5.20. The van der Waals surface area contributed by atoms with Gasteiger partial charge in [0.2, 0.25) is 0 Å². The molecule has 150 valence electrons. The molecule has 2 aromatic carbocycles. The molecule has 1 aliphatic heterocycles. The fraction of sp³-hybridized carbons (Fsp3) is 0.273. The van der Waals surface area contributed by atoms with Gasteiger partial charge in [-0.05, 0) is 61.7 Å². The fourth-order valence-corrected chi connectivity index (χ4v) is 3.58. The second-order valence-electron chi connectivity index (χ2n) is 7.18. The van der Waals surface area contributed by atoms with Crippen molar-refractivity contribution >= 4 is 34.1 Å². The minimum atomic E-state index is -0.478. The van der Waals surface area contributed by atoms with Crippen LogP contribution < -0.4 is 20.3 Å². The molecule has 2 heterocycles. The van der Waals surface area contributed by atoms with E-state index in [2.05, 4.69) is 20.5 Å². The van der Waals surface area contributed by atoms with Gasteiger partial charge in [0.1, 0.15) is 17.1 Å². The summed E-state index contributed by atoms with van der Waals surface area (Å²) in [6.45, 7) is 3.81. The van der Waals surface area contributed by atoms with Crippen LogP contribution in [0.25, 0.3) is 10.9 Å². The summed E-state index contributed by atoms with van der Waals surface area (Å²) in [6, 6.07) is 11.7. The van der Waals surface area contributed by atoms with Gasteiger partial charge in [-0.2, -0.15) is 0 Å². The van der Waals surface area contributed by atoms with E-state index in [4.69, 9.17) is 4.74 Å². The van der Waals surface area contributed by atoms with Gasteiger partial charge >= 0.3 is 6.03 Å². The van der Waals surface area contributed by atoms with E-state index in [0.29, 0.717) is 28.0 Å². The lowest BCUT2D eigenvalue weighted by atomic mass is 10.2. The summed E-state index contributed by atoms with van der Waals surface area (Å²) in [5.41, 5.74) is 2.19. The first-order chi connectivity index (χ1) is 14.0. The number of carbonyl (C=O) groups is 1. The van der Waals surface area contributed by atoms with Gasteiger partial charge in [-0.15, -0.1) is 0 Å². The molecule has 1 aromatic heterocycles. The lowest BCUT2D eigenvalue weighted by Gasteiger charge is -2.17. The van der Waals surface area contributed by atoms with Crippen molar-refractivity contribution in [3.63, 3.8) is 0 Å². The number of halogens is 1. The number of benzene rings is 2. The molecule has 6 nitrogen and oxygen atoms in total. The second-order valence-corrected chi connectivity index (χ2v) is 7.18.